The van der Waals surface area contributed by atoms with Crippen LogP contribution in [-0.2, 0) is 4.79 Å². The third-order valence-corrected chi connectivity index (χ3v) is 3.58. The monoisotopic (exact) mass is 316 g/mol. The van der Waals surface area contributed by atoms with Gasteiger partial charge in [0.15, 0.2) is 0 Å². The first-order chi connectivity index (χ1) is 11.7. The highest BCUT2D eigenvalue weighted by atomic mass is 16.4. The minimum absolute atomic E-state index is 0.703. The van der Waals surface area contributed by atoms with E-state index in [1.54, 1.807) is 24.4 Å². The molecule has 118 valence electrons. The fourth-order valence-electron chi connectivity index (χ4n) is 2.62. The molecule has 0 saturated heterocycles. The van der Waals surface area contributed by atoms with Crippen LogP contribution in [0.4, 0.5) is 0 Å². The maximum atomic E-state index is 10.9. The van der Waals surface area contributed by atoms with Gasteiger partial charge in [-0.1, -0.05) is 36.9 Å². The number of nitrogens with zero attached hydrogens (tertiary/aromatic N) is 2. The first-order valence-electron chi connectivity index (χ1n) is 7.46. The lowest BCUT2D eigenvalue weighted by Crippen LogP contribution is -1.99. The third kappa shape index (κ3) is 3.03. The van der Waals surface area contributed by atoms with Crippen LogP contribution in [0.2, 0.25) is 0 Å². The number of carbonyl (C=O) groups is 1. The van der Waals surface area contributed by atoms with E-state index >= 15 is 0 Å². The van der Waals surface area contributed by atoms with Crippen molar-refractivity contribution in [3.63, 3.8) is 0 Å². The van der Waals surface area contributed by atoms with E-state index in [1.165, 1.54) is 0 Å². The minimum Gasteiger partial charge on any atom is -0.478 e. The summed E-state index contributed by atoms with van der Waals surface area (Å²) < 4.78 is 1.98. The number of carboxylic acids is 1. The molecule has 0 amide bonds. The fourth-order valence-corrected chi connectivity index (χ4v) is 2.62. The zero-order valence-electron chi connectivity index (χ0n) is 13.0. The zero-order valence-corrected chi connectivity index (χ0v) is 13.0. The Balaban J connectivity index is 2.30. The van der Waals surface area contributed by atoms with Gasteiger partial charge in [-0.05, 0) is 36.4 Å². The number of para-hydroxylation sites is 1. The number of carboxylic acid groups (broad SMARTS) is 1. The Morgan fingerprint density at radius 2 is 1.92 bits per heavy atom. The largest absolute Gasteiger partial charge is 0.478 e. The van der Waals surface area contributed by atoms with E-state index in [1.807, 2.05) is 53.1 Å². The van der Waals surface area contributed by atoms with Crippen LogP contribution >= 0.6 is 0 Å². The first kappa shape index (κ1) is 15.5. The van der Waals surface area contributed by atoms with E-state index in [9.17, 15) is 4.79 Å². The van der Waals surface area contributed by atoms with Crippen molar-refractivity contribution in [1.82, 2.24) is 9.55 Å². The molecule has 0 saturated carbocycles. The molecular weight excluding hydrogens is 300 g/mol. The van der Waals surface area contributed by atoms with Crippen LogP contribution in [0.15, 0.2) is 85.6 Å². The summed E-state index contributed by atoms with van der Waals surface area (Å²) in [7, 11) is 0. The molecule has 4 nitrogen and oxygen atoms in total. The van der Waals surface area contributed by atoms with E-state index in [4.69, 9.17) is 5.11 Å². The topological polar surface area (TPSA) is 55.1 Å². The van der Waals surface area contributed by atoms with Gasteiger partial charge in [-0.25, -0.2) is 4.79 Å². The number of aromatic nitrogens is 2. The predicted octanol–water partition coefficient (Wildman–Crippen LogP) is 4.37. The number of allylic oxidation sites excluding steroid dienone is 4. The van der Waals surface area contributed by atoms with Gasteiger partial charge in [0.25, 0.3) is 0 Å². The summed E-state index contributed by atoms with van der Waals surface area (Å²) in [6.07, 6.45) is 7.83. The van der Waals surface area contributed by atoms with E-state index in [0.29, 0.717) is 5.70 Å². The van der Waals surface area contributed by atoms with Crippen LogP contribution in [0.5, 0.6) is 0 Å². The molecule has 0 atom stereocenters. The molecule has 0 bridgehead atoms. The highest BCUT2D eigenvalue weighted by Crippen LogP contribution is 2.30. The van der Waals surface area contributed by atoms with Gasteiger partial charge in [-0.2, -0.15) is 0 Å². The highest BCUT2D eigenvalue weighted by Gasteiger charge is 2.13. The second-order valence-electron chi connectivity index (χ2n) is 5.14. The van der Waals surface area contributed by atoms with Gasteiger partial charge in [0.05, 0.1) is 16.9 Å². The number of benzene rings is 1. The van der Waals surface area contributed by atoms with Crippen molar-refractivity contribution in [2.45, 2.75) is 0 Å². The Labute approximate surface area is 139 Å². The van der Waals surface area contributed by atoms with Crippen molar-refractivity contribution in [1.29, 1.82) is 0 Å². The molecule has 0 radical (unpaired) electrons. The summed E-state index contributed by atoms with van der Waals surface area (Å²) in [5.74, 6) is -0.999. The molecule has 3 aromatic rings. The lowest BCUT2D eigenvalue weighted by Gasteiger charge is -2.11. The lowest BCUT2D eigenvalue weighted by molar-refractivity contribution is -0.131. The van der Waals surface area contributed by atoms with Gasteiger partial charge in [0.2, 0.25) is 0 Å². The van der Waals surface area contributed by atoms with E-state index < -0.39 is 5.97 Å². The van der Waals surface area contributed by atoms with E-state index in [0.717, 1.165) is 28.4 Å². The SMILES string of the molecule is C=C/C=C(\C=C\C(=O)O)n1c(-c2ccccn2)cc2ccccc21. The van der Waals surface area contributed by atoms with Crippen LogP contribution < -0.4 is 0 Å². The Hall–Kier alpha value is -3.40. The molecule has 0 fully saturated rings. The number of pyridine rings is 1. The fraction of sp³-hybridized carbons (Fsp3) is 0. The Kier molecular flexibility index (Phi) is 4.38. The van der Waals surface area contributed by atoms with Crippen LogP contribution in [0.25, 0.3) is 28.0 Å². The van der Waals surface area contributed by atoms with Crippen LogP contribution in [0.1, 0.15) is 0 Å². The predicted molar refractivity (Wildman–Crippen MR) is 96.4 cm³/mol. The summed E-state index contributed by atoms with van der Waals surface area (Å²) in [6.45, 7) is 3.73. The van der Waals surface area contributed by atoms with Crippen LogP contribution in [0.3, 0.4) is 0 Å². The Morgan fingerprint density at radius 1 is 1.12 bits per heavy atom. The second kappa shape index (κ2) is 6.79. The summed E-state index contributed by atoms with van der Waals surface area (Å²) in [4.78, 5) is 15.4. The normalized spacial score (nSPS) is 11.9. The molecule has 0 spiro atoms. The molecule has 0 unspecified atom stereocenters. The zero-order chi connectivity index (χ0) is 16.9. The smallest absolute Gasteiger partial charge is 0.328 e. The summed E-state index contributed by atoms with van der Waals surface area (Å²) in [6, 6.07) is 15.7. The highest BCUT2D eigenvalue weighted by molar-refractivity contribution is 5.92. The standard InChI is InChI=1S/C20H16N2O2/c1-2-7-16(11-12-20(23)24)22-18-10-4-3-8-15(18)14-19(22)17-9-5-6-13-21-17/h2-14H,1H2,(H,23,24)/b12-11+,16-7+. The Bertz CT molecular complexity index is 950. The molecule has 0 aliphatic heterocycles. The lowest BCUT2D eigenvalue weighted by atomic mass is 10.2. The van der Waals surface area contributed by atoms with Crippen LogP contribution in [-0.4, -0.2) is 20.6 Å². The summed E-state index contributed by atoms with van der Waals surface area (Å²) >= 11 is 0. The summed E-state index contributed by atoms with van der Waals surface area (Å²) in [5, 5.41) is 10.0. The number of rotatable bonds is 5. The minimum atomic E-state index is -0.999. The number of hydrogen-bond donors (Lipinski definition) is 1. The molecule has 1 aromatic carbocycles. The number of fused-ring (bicyclic) bond motifs is 1. The molecule has 2 heterocycles. The van der Waals surface area contributed by atoms with Gasteiger partial charge in [-0.15, -0.1) is 0 Å². The maximum Gasteiger partial charge on any atom is 0.328 e. The molecule has 4 heteroatoms. The molecule has 24 heavy (non-hydrogen) atoms. The van der Waals surface area contributed by atoms with Crippen LogP contribution in [0, 0.1) is 0 Å². The van der Waals surface area contributed by atoms with Gasteiger partial charge in [0.1, 0.15) is 0 Å². The van der Waals surface area contributed by atoms with Crippen molar-refractivity contribution < 1.29 is 9.90 Å². The molecule has 2 aromatic heterocycles. The van der Waals surface area contributed by atoms with E-state index in [-0.39, 0.29) is 0 Å². The first-order valence-corrected chi connectivity index (χ1v) is 7.46. The van der Waals surface area contributed by atoms with E-state index in [2.05, 4.69) is 11.6 Å². The van der Waals surface area contributed by atoms with Gasteiger partial charge in [-0.3, -0.25) is 4.98 Å². The molecular formula is C20H16N2O2. The quantitative estimate of drug-likeness (QED) is 0.561. The average molecular weight is 316 g/mol. The number of hydrogen-bond acceptors (Lipinski definition) is 2. The summed E-state index contributed by atoms with van der Waals surface area (Å²) in [5.41, 5.74) is 3.38. The van der Waals surface area contributed by atoms with Crippen molar-refractivity contribution in [3.8, 4) is 11.4 Å². The van der Waals surface area contributed by atoms with Gasteiger partial charge < -0.3 is 9.67 Å². The van der Waals surface area contributed by atoms with Gasteiger partial charge in [0, 0.05) is 23.4 Å². The molecule has 3 rings (SSSR count). The Morgan fingerprint density at radius 3 is 2.62 bits per heavy atom. The molecule has 0 aliphatic carbocycles. The van der Waals surface area contributed by atoms with Crippen molar-refractivity contribution in [2.75, 3.05) is 0 Å². The van der Waals surface area contributed by atoms with Crippen molar-refractivity contribution >= 4 is 22.6 Å². The van der Waals surface area contributed by atoms with Crippen molar-refractivity contribution in [2.24, 2.45) is 0 Å². The maximum absolute atomic E-state index is 10.9. The average Bonchev–Trinajstić information content (AvgIpc) is 2.99. The second-order valence-corrected chi connectivity index (χ2v) is 5.14. The molecule has 0 aliphatic rings. The van der Waals surface area contributed by atoms with Gasteiger partial charge >= 0.3 is 5.97 Å². The molecule has 1 N–H and O–H groups in total. The number of aliphatic carboxylic acids is 1. The van der Waals surface area contributed by atoms with Crippen molar-refractivity contribution in [3.05, 3.63) is 85.6 Å². The third-order valence-electron chi connectivity index (χ3n) is 3.58.